The fourth-order valence-corrected chi connectivity index (χ4v) is 1.84. The number of aromatic nitrogens is 2. The zero-order valence-corrected chi connectivity index (χ0v) is 11.4. The summed E-state index contributed by atoms with van der Waals surface area (Å²) in [5.74, 6) is -0.0713. The second-order valence-electron chi connectivity index (χ2n) is 4.54. The zero-order valence-electron chi connectivity index (χ0n) is 11.4. The molecule has 1 aromatic carbocycles. The van der Waals surface area contributed by atoms with E-state index in [1.54, 1.807) is 6.33 Å². The van der Waals surface area contributed by atoms with Gasteiger partial charge in [-0.25, -0.2) is 4.98 Å². The third kappa shape index (κ3) is 3.34. The van der Waals surface area contributed by atoms with Gasteiger partial charge in [0.1, 0.15) is 0 Å². The molecule has 3 N–H and O–H groups in total. The average molecular weight is 258 g/mol. The summed E-state index contributed by atoms with van der Waals surface area (Å²) in [6.45, 7) is 6.17. The van der Waals surface area contributed by atoms with E-state index in [0.29, 0.717) is 6.54 Å². The van der Waals surface area contributed by atoms with E-state index < -0.39 is 0 Å². The standard InChI is InChI=1S/C14H18N4O/c1-9-4-5-12(18-11(3)19)6-13(9)15-7-14-10(2)16-8-17-14/h4-6,8,15H,7H2,1-3H3,(H,16,17)(H,18,19). The van der Waals surface area contributed by atoms with Crippen molar-refractivity contribution in [1.82, 2.24) is 9.97 Å². The molecule has 0 spiro atoms. The maximum absolute atomic E-state index is 11.1. The number of H-pyrrole nitrogens is 1. The maximum atomic E-state index is 11.1. The predicted octanol–water partition coefficient (Wildman–Crippen LogP) is 2.60. The average Bonchev–Trinajstić information content (AvgIpc) is 2.75. The number of hydrogen-bond donors (Lipinski definition) is 3. The first-order valence-corrected chi connectivity index (χ1v) is 6.17. The number of imidazole rings is 1. The first-order chi connectivity index (χ1) is 9.06. The molecular weight excluding hydrogens is 240 g/mol. The van der Waals surface area contributed by atoms with Crippen LogP contribution in [-0.2, 0) is 11.3 Å². The first kappa shape index (κ1) is 13.1. The lowest BCUT2D eigenvalue weighted by atomic mass is 10.1. The Kier molecular flexibility index (Phi) is 3.85. The summed E-state index contributed by atoms with van der Waals surface area (Å²) in [6.07, 6.45) is 1.69. The summed E-state index contributed by atoms with van der Waals surface area (Å²) < 4.78 is 0. The lowest BCUT2D eigenvalue weighted by molar-refractivity contribution is -0.114. The van der Waals surface area contributed by atoms with Crippen LogP contribution < -0.4 is 10.6 Å². The molecular formula is C14H18N4O. The largest absolute Gasteiger partial charge is 0.379 e. The molecule has 2 rings (SSSR count). The molecule has 0 unspecified atom stereocenters. The zero-order chi connectivity index (χ0) is 13.8. The Morgan fingerprint density at radius 1 is 1.37 bits per heavy atom. The summed E-state index contributed by atoms with van der Waals surface area (Å²) in [6, 6.07) is 5.80. The van der Waals surface area contributed by atoms with Gasteiger partial charge in [0.2, 0.25) is 5.91 Å². The van der Waals surface area contributed by atoms with Crippen molar-refractivity contribution < 1.29 is 4.79 Å². The van der Waals surface area contributed by atoms with Crippen LogP contribution in [0, 0.1) is 13.8 Å². The van der Waals surface area contributed by atoms with Crippen molar-refractivity contribution >= 4 is 17.3 Å². The Balaban J connectivity index is 2.11. The van der Waals surface area contributed by atoms with Gasteiger partial charge in [0.05, 0.1) is 18.6 Å². The van der Waals surface area contributed by atoms with Crippen LogP contribution in [0.2, 0.25) is 0 Å². The number of hydrogen-bond acceptors (Lipinski definition) is 3. The smallest absolute Gasteiger partial charge is 0.221 e. The minimum absolute atomic E-state index is 0.0713. The van der Waals surface area contributed by atoms with Gasteiger partial charge >= 0.3 is 0 Å². The molecule has 1 heterocycles. The number of carbonyl (C=O) groups is 1. The third-order valence-electron chi connectivity index (χ3n) is 2.94. The fraction of sp³-hybridized carbons (Fsp3) is 0.286. The number of rotatable bonds is 4. The molecule has 19 heavy (non-hydrogen) atoms. The highest BCUT2D eigenvalue weighted by Gasteiger charge is 2.04. The minimum atomic E-state index is -0.0713. The highest BCUT2D eigenvalue weighted by Crippen LogP contribution is 2.21. The summed E-state index contributed by atoms with van der Waals surface area (Å²) in [5.41, 5.74) is 4.96. The number of nitrogens with one attached hydrogen (secondary N) is 3. The Bertz CT molecular complexity index is 589. The lowest BCUT2D eigenvalue weighted by Crippen LogP contribution is -2.07. The van der Waals surface area contributed by atoms with Gasteiger partial charge in [0, 0.05) is 24.0 Å². The monoisotopic (exact) mass is 258 g/mol. The second kappa shape index (κ2) is 5.56. The molecule has 0 radical (unpaired) electrons. The van der Waals surface area contributed by atoms with Crippen molar-refractivity contribution in [2.24, 2.45) is 0 Å². The number of nitrogens with zero attached hydrogens (tertiary/aromatic N) is 1. The molecule has 0 aliphatic heterocycles. The van der Waals surface area contributed by atoms with E-state index >= 15 is 0 Å². The molecule has 0 saturated carbocycles. The molecule has 0 aliphatic carbocycles. The topological polar surface area (TPSA) is 69.8 Å². The highest BCUT2D eigenvalue weighted by atomic mass is 16.1. The van der Waals surface area contributed by atoms with Gasteiger partial charge in [-0.3, -0.25) is 4.79 Å². The van der Waals surface area contributed by atoms with Gasteiger partial charge in [0.15, 0.2) is 0 Å². The van der Waals surface area contributed by atoms with Crippen molar-refractivity contribution in [2.75, 3.05) is 10.6 Å². The number of aromatic amines is 1. The van der Waals surface area contributed by atoms with Gasteiger partial charge in [-0.1, -0.05) is 6.07 Å². The van der Waals surface area contributed by atoms with Gasteiger partial charge < -0.3 is 15.6 Å². The Morgan fingerprint density at radius 3 is 2.79 bits per heavy atom. The summed E-state index contributed by atoms with van der Waals surface area (Å²) in [5, 5.41) is 6.11. The van der Waals surface area contributed by atoms with Crippen LogP contribution in [-0.4, -0.2) is 15.9 Å². The van der Waals surface area contributed by atoms with Crippen LogP contribution >= 0.6 is 0 Å². The quantitative estimate of drug-likeness (QED) is 0.789. The van der Waals surface area contributed by atoms with Crippen LogP contribution in [0.3, 0.4) is 0 Å². The van der Waals surface area contributed by atoms with Crippen LogP contribution in [0.1, 0.15) is 23.9 Å². The van der Waals surface area contributed by atoms with Gasteiger partial charge in [-0.05, 0) is 31.5 Å². The van der Waals surface area contributed by atoms with E-state index in [1.165, 1.54) is 6.92 Å². The Labute approximate surface area is 112 Å². The number of carbonyl (C=O) groups excluding carboxylic acids is 1. The second-order valence-corrected chi connectivity index (χ2v) is 4.54. The first-order valence-electron chi connectivity index (χ1n) is 6.17. The van der Waals surface area contributed by atoms with Crippen molar-refractivity contribution in [3.63, 3.8) is 0 Å². The molecule has 0 bridgehead atoms. The van der Waals surface area contributed by atoms with Crippen molar-refractivity contribution in [3.8, 4) is 0 Å². The maximum Gasteiger partial charge on any atom is 0.221 e. The van der Waals surface area contributed by atoms with Crippen LogP contribution in [0.15, 0.2) is 24.5 Å². The molecule has 0 atom stereocenters. The Hall–Kier alpha value is -2.30. The normalized spacial score (nSPS) is 10.3. The van der Waals surface area contributed by atoms with E-state index in [4.69, 9.17) is 0 Å². The molecule has 0 fully saturated rings. The molecule has 5 nitrogen and oxygen atoms in total. The van der Waals surface area contributed by atoms with E-state index in [0.717, 1.165) is 28.3 Å². The van der Waals surface area contributed by atoms with Crippen LogP contribution in [0.4, 0.5) is 11.4 Å². The summed E-state index contributed by atoms with van der Waals surface area (Å²) >= 11 is 0. The van der Waals surface area contributed by atoms with Gasteiger partial charge in [0.25, 0.3) is 0 Å². The fourth-order valence-electron chi connectivity index (χ4n) is 1.84. The van der Waals surface area contributed by atoms with Crippen LogP contribution in [0.25, 0.3) is 0 Å². The van der Waals surface area contributed by atoms with E-state index in [-0.39, 0.29) is 5.91 Å². The number of anilines is 2. The van der Waals surface area contributed by atoms with Crippen molar-refractivity contribution in [2.45, 2.75) is 27.3 Å². The molecule has 5 heteroatoms. The van der Waals surface area contributed by atoms with Crippen molar-refractivity contribution in [1.29, 1.82) is 0 Å². The molecule has 0 saturated heterocycles. The minimum Gasteiger partial charge on any atom is -0.379 e. The molecule has 100 valence electrons. The highest BCUT2D eigenvalue weighted by molar-refractivity contribution is 5.89. The lowest BCUT2D eigenvalue weighted by Gasteiger charge is -2.11. The SMILES string of the molecule is CC(=O)Nc1ccc(C)c(NCc2nc[nH]c2C)c1. The van der Waals surface area contributed by atoms with E-state index in [1.807, 2.05) is 32.0 Å². The Morgan fingerprint density at radius 2 is 2.16 bits per heavy atom. The number of benzene rings is 1. The van der Waals surface area contributed by atoms with E-state index in [9.17, 15) is 4.79 Å². The number of amides is 1. The van der Waals surface area contributed by atoms with Crippen LogP contribution in [0.5, 0.6) is 0 Å². The summed E-state index contributed by atoms with van der Waals surface area (Å²) in [7, 11) is 0. The van der Waals surface area contributed by atoms with Gasteiger partial charge in [-0.2, -0.15) is 0 Å². The third-order valence-corrected chi connectivity index (χ3v) is 2.94. The van der Waals surface area contributed by atoms with Crippen molar-refractivity contribution in [3.05, 3.63) is 41.5 Å². The molecule has 2 aromatic rings. The van der Waals surface area contributed by atoms with Gasteiger partial charge in [-0.15, -0.1) is 0 Å². The predicted molar refractivity (Wildman–Crippen MR) is 76.1 cm³/mol. The molecule has 1 aromatic heterocycles. The summed E-state index contributed by atoms with van der Waals surface area (Å²) in [4.78, 5) is 18.3. The molecule has 0 aliphatic rings. The number of aryl methyl sites for hydroxylation is 2. The molecule has 1 amide bonds. The van der Waals surface area contributed by atoms with E-state index in [2.05, 4.69) is 20.6 Å².